The van der Waals surface area contributed by atoms with Gasteiger partial charge in [0.1, 0.15) is 5.82 Å². The Balaban J connectivity index is 1.80. The maximum Gasteiger partial charge on any atom is 0.330 e. The molecule has 138 valence electrons. The number of anilines is 1. The number of fused-ring (bicyclic) bond motifs is 1. The van der Waals surface area contributed by atoms with Gasteiger partial charge in [0.25, 0.3) is 0 Å². The Morgan fingerprint density at radius 3 is 2.81 bits per heavy atom. The maximum absolute atomic E-state index is 14.2. The Kier molecular flexibility index (Phi) is 6.24. The Bertz CT molecular complexity index is 1000. The maximum atomic E-state index is 14.2. The van der Waals surface area contributed by atoms with Crippen LogP contribution >= 0.6 is 15.9 Å². The first-order valence-electron chi connectivity index (χ1n) is 8.62. The summed E-state index contributed by atoms with van der Waals surface area (Å²) in [6.45, 7) is 2.54. The van der Waals surface area contributed by atoms with E-state index in [4.69, 9.17) is 4.74 Å². The van der Waals surface area contributed by atoms with Gasteiger partial charge in [0, 0.05) is 17.1 Å². The van der Waals surface area contributed by atoms with E-state index in [9.17, 15) is 9.18 Å². The average Bonchev–Trinajstić information content (AvgIpc) is 2.66. The molecule has 0 bridgehead atoms. The number of carbonyl (C=O) groups is 1. The third kappa shape index (κ3) is 4.95. The first-order valence-corrected chi connectivity index (χ1v) is 9.41. The summed E-state index contributed by atoms with van der Waals surface area (Å²) in [4.78, 5) is 11.4. The highest BCUT2D eigenvalue weighted by molar-refractivity contribution is 9.10. The number of carbonyl (C=O) groups excluding carboxylic acids is 1. The molecule has 3 aromatic carbocycles. The number of rotatable bonds is 6. The molecular formula is C22H19BrFNO2. The quantitative estimate of drug-likeness (QED) is 0.391. The standard InChI is InChI=1S/C22H19BrFNO2/c1-2-27-22(26)10-8-15-7-9-20(24)21(11-15)25-14-17-13-18(23)12-16-5-3-4-6-19(16)17/h3-13,25H,2,14H2,1H3. The molecule has 27 heavy (non-hydrogen) atoms. The zero-order chi connectivity index (χ0) is 19.2. The molecule has 0 radical (unpaired) electrons. The second-order valence-electron chi connectivity index (χ2n) is 5.96. The summed E-state index contributed by atoms with van der Waals surface area (Å²) < 4.78 is 20.0. The highest BCUT2D eigenvalue weighted by Gasteiger charge is 2.06. The van der Waals surface area contributed by atoms with E-state index in [1.807, 2.05) is 30.3 Å². The Labute approximate surface area is 166 Å². The fourth-order valence-corrected chi connectivity index (χ4v) is 3.35. The van der Waals surface area contributed by atoms with E-state index in [1.165, 1.54) is 12.1 Å². The zero-order valence-electron chi connectivity index (χ0n) is 14.8. The molecule has 0 heterocycles. The van der Waals surface area contributed by atoms with Crippen molar-refractivity contribution in [3.05, 3.63) is 82.1 Å². The minimum atomic E-state index is -0.420. The molecule has 3 nitrogen and oxygen atoms in total. The first kappa shape index (κ1) is 19.1. The van der Waals surface area contributed by atoms with Gasteiger partial charge in [0.15, 0.2) is 0 Å². The van der Waals surface area contributed by atoms with Crippen molar-refractivity contribution in [2.45, 2.75) is 13.5 Å². The lowest BCUT2D eigenvalue weighted by molar-refractivity contribution is -0.137. The van der Waals surface area contributed by atoms with Gasteiger partial charge in [-0.25, -0.2) is 9.18 Å². The van der Waals surface area contributed by atoms with Gasteiger partial charge in [-0.2, -0.15) is 0 Å². The fraction of sp³-hybridized carbons (Fsp3) is 0.136. The lowest BCUT2D eigenvalue weighted by Gasteiger charge is -2.12. The fourth-order valence-electron chi connectivity index (χ4n) is 2.82. The third-order valence-corrected chi connectivity index (χ3v) is 4.53. The van der Waals surface area contributed by atoms with Crippen molar-refractivity contribution in [3.63, 3.8) is 0 Å². The zero-order valence-corrected chi connectivity index (χ0v) is 16.4. The van der Waals surface area contributed by atoms with Crippen LogP contribution in [0, 0.1) is 5.82 Å². The van der Waals surface area contributed by atoms with Crippen LogP contribution in [-0.4, -0.2) is 12.6 Å². The van der Waals surface area contributed by atoms with Gasteiger partial charge in [-0.3, -0.25) is 0 Å². The second kappa shape index (κ2) is 8.82. The number of benzene rings is 3. The summed E-state index contributed by atoms with van der Waals surface area (Å²) in [6.07, 6.45) is 2.94. The molecule has 0 aliphatic rings. The van der Waals surface area contributed by atoms with Crippen molar-refractivity contribution in [1.82, 2.24) is 0 Å². The third-order valence-electron chi connectivity index (χ3n) is 4.07. The summed E-state index contributed by atoms with van der Waals surface area (Å²) in [5.41, 5.74) is 2.16. The van der Waals surface area contributed by atoms with Gasteiger partial charge in [-0.15, -0.1) is 0 Å². The van der Waals surface area contributed by atoms with Crippen LogP contribution in [-0.2, 0) is 16.1 Å². The molecule has 0 fully saturated rings. The minimum absolute atomic E-state index is 0.319. The van der Waals surface area contributed by atoms with Crippen molar-refractivity contribution >= 4 is 44.4 Å². The number of halogens is 2. The lowest BCUT2D eigenvalue weighted by atomic mass is 10.0. The highest BCUT2D eigenvalue weighted by atomic mass is 79.9. The molecule has 3 aromatic rings. The number of hydrogen-bond acceptors (Lipinski definition) is 3. The smallest absolute Gasteiger partial charge is 0.330 e. The molecule has 0 aliphatic heterocycles. The number of nitrogens with one attached hydrogen (secondary N) is 1. The first-order chi connectivity index (χ1) is 13.1. The molecule has 0 atom stereocenters. The molecular weight excluding hydrogens is 409 g/mol. The van der Waals surface area contributed by atoms with E-state index < -0.39 is 5.97 Å². The topological polar surface area (TPSA) is 38.3 Å². The predicted octanol–water partition coefficient (Wildman–Crippen LogP) is 5.93. The number of esters is 1. The summed E-state index contributed by atoms with van der Waals surface area (Å²) in [5.74, 6) is -0.764. The van der Waals surface area contributed by atoms with E-state index in [0.717, 1.165) is 20.8 Å². The highest BCUT2D eigenvalue weighted by Crippen LogP contribution is 2.26. The second-order valence-corrected chi connectivity index (χ2v) is 6.88. The molecule has 0 spiro atoms. The van der Waals surface area contributed by atoms with Crippen molar-refractivity contribution in [3.8, 4) is 0 Å². The van der Waals surface area contributed by atoms with Gasteiger partial charge in [0.05, 0.1) is 12.3 Å². The van der Waals surface area contributed by atoms with Gasteiger partial charge in [0.2, 0.25) is 0 Å². The number of ether oxygens (including phenoxy) is 1. The summed E-state index contributed by atoms with van der Waals surface area (Å²) in [5, 5.41) is 5.39. The molecule has 0 saturated carbocycles. The summed E-state index contributed by atoms with van der Waals surface area (Å²) >= 11 is 3.53. The van der Waals surface area contributed by atoms with Crippen LogP contribution in [0.2, 0.25) is 0 Å². The molecule has 3 rings (SSSR count). The molecule has 1 N–H and O–H groups in total. The molecule has 5 heteroatoms. The van der Waals surface area contributed by atoms with Crippen LogP contribution in [0.1, 0.15) is 18.1 Å². The van der Waals surface area contributed by atoms with E-state index in [-0.39, 0.29) is 5.82 Å². The Hall–Kier alpha value is -2.66. The summed E-state index contributed by atoms with van der Waals surface area (Å²) in [7, 11) is 0. The van der Waals surface area contributed by atoms with Gasteiger partial charge in [-0.1, -0.05) is 46.3 Å². The van der Waals surface area contributed by atoms with Gasteiger partial charge >= 0.3 is 5.97 Å². The van der Waals surface area contributed by atoms with Crippen molar-refractivity contribution in [2.75, 3.05) is 11.9 Å². The van der Waals surface area contributed by atoms with Crippen LogP contribution in [0.15, 0.2) is 65.1 Å². The molecule has 0 aromatic heterocycles. The number of hydrogen-bond donors (Lipinski definition) is 1. The van der Waals surface area contributed by atoms with Crippen molar-refractivity contribution in [1.29, 1.82) is 0 Å². The SMILES string of the molecule is CCOC(=O)C=Cc1ccc(F)c(NCc2cc(Br)cc3ccccc23)c1. The normalized spacial score (nSPS) is 11.1. The van der Waals surface area contributed by atoms with Gasteiger partial charge in [-0.05, 0) is 59.2 Å². The molecule has 0 saturated heterocycles. The van der Waals surface area contributed by atoms with Crippen molar-refractivity contribution in [2.24, 2.45) is 0 Å². The Morgan fingerprint density at radius 1 is 1.19 bits per heavy atom. The van der Waals surface area contributed by atoms with E-state index in [1.54, 1.807) is 25.1 Å². The largest absolute Gasteiger partial charge is 0.463 e. The van der Waals surface area contributed by atoms with Gasteiger partial charge < -0.3 is 10.1 Å². The minimum Gasteiger partial charge on any atom is -0.463 e. The van der Waals surface area contributed by atoms with Crippen LogP contribution < -0.4 is 5.32 Å². The predicted molar refractivity (Wildman–Crippen MR) is 111 cm³/mol. The van der Waals surface area contributed by atoms with Crippen molar-refractivity contribution < 1.29 is 13.9 Å². The van der Waals surface area contributed by atoms with Crippen LogP contribution in [0.3, 0.4) is 0 Å². The van der Waals surface area contributed by atoms with E-state index >= 15 is 0 Å². The monoisotopic (exact) mass is 427 g/mol. The average molecular weight is 428 g/mol. The molecule has 0 unspecified atom stereocenters. The van der Waals surface area contributed by atoms with Crippen LogP contribution in [0.25, 0.3) is 16.8 Å². The van der Waals surface area contributed by atoms with E-state index in [0.29, 0.717) is 24.4 Å². The van der Waals surface area contributed by atoms with E-state index in [2.05, 4.69) is 27.3 Å². The summed E-state index contributed by atoms with van der Waals surface area (Å²) in [6, 6.07) is 16.8. The van der Waals surface area contributed by atoms with Crippen LogP contribution in [0.4, 0.5) is 10.1 Å². The molecule has 0 aliphatic carbocycles. The Morgan fingerprint density at radius 2 is 2.00 bits per heavy atom. The lowest BCUT2D eigenvalue weighted by Crippen LogP contribution is -2.03. The van der Waals surface area contributed by atoms with Crippen LogP contribution in [0.5, 0.6) is 0 Å². The molecule has 0 amide bonds.